The molecule has 1 N–H and O–H groups in total. The van der Waals surface area contributed by atoms with Gasteiger partial charge in [-0.3, -0.25) is 0 Å². The van der Waals surface area contributed by atoms with Crippen molar-refractivity contribution in [3.63, 3.8) is 0 Å². The molecule has 0 bridgehead atoms. The molecule has 1 aromatic rings. The Hall–Kier alpha value is -1.35. The molecule has 1 fully saturated rings. The van der Waals surface area contributed by atoms with Crippen molar-refractivity contribution >= 4 is 15.7 Å². The smallest absolute Gasteiger partial charge is 0.379 e. The van der Waals surface area contributed by atoms with Gasteiger partial charge in [0.2, 0.25) is 0 Å². The molecule has 0 saturated carbocycles. The van der Waals surface area contributed by atoms with Gasteiger partial charge in [-0.15, -0.1) is 0 Å². The molecular formula is C11H13F3N2O3S. The molecule has 1 unspecified atom stereocenters. The minimum absolute atomic E-state index is 0.0600. The fraction of sp³-hybridized carbons (Fsp3) is 0.545. The minimum Gasteiger partial charge on any atom is -0.379 e. The SMILES string of the molecule is CS(=O)(=O)c1cccnc1N1CCC(O)(C(F)(F)F)C1. The number of nitrogens with zero attached hydrogens (tertiary/aromatic N) is 2. The lowest BCUT2D eigenvalue weighted by atomic mass is 10.0. The average Bonchev–Trinajstić information content (AvgIpc) is 2.71. The van der Waals surface area contributed by atoms with Crippen molar-refractivity contribution in [3.05, 3.63) is 18.3 Å². The van der Waals surface area contributed by atoms with Crippen LogP contribution in [0.3, 0.4) is 0 Å². The van der Waals surface area contributed by atoms with Crippen LogP contribution in [0.2, 0.25) is 0 Å². The second-order valence-electron chi connectivity index (χ2n) is 4.80. The Morgan fingerprint density at radius 2 is 2.10 bits per heavy atom. The zero-order valence-electron chi connectivity index (χ0n) is 10.6. The van der Waals surface area contributed by atoms with Gasteiger partial charge in [-0.2, -0.15) is 13.2 Å². The van der Waals surface area contributed by atoms with Crippen LogP contribution in [0.15, 0.2) is 23.2 Å². The van der Waals surface area contributed by atoms with Gasteiger partial charge in [-0.1, -0.05) is 0 Å². The maximum atomic E-state index is 12.8. The van der Waals surface area contributed by atoms with E-state index in [2.05, 4.69) is 4.98 Å². The summed E-state index contributed by atoms with van der Waals surface area (Å²) in [5.74, 6) is -0.0600. The predicted octanol–water partition coefficient (Wildman–Crippen LogP) is 0.989. The van der Waals surface area contributed by atoms with E-state index in [0.29, 0.717) is 0 Å². The molecule has 1 aliphatic heterocycles. The molecule has 5 nitrogen and oxygen atoms in total. The van der Waals surface area contributed by atoms with E-state index in [9.17, 15) is 26.7 Å². The van der Waals surface area contributed by atoms with Crippen molar-refractivity contribution in [2.45, 2.75) is 23.1 Å². The van der Waals surface area contributed by atoms with Gasteiger partial charge in [0, 0.05) is 25.4 Å². The van der Waals surface area contributed by atoms with Gasteiger partial charge in [0.25, 0.3) is 0 Å². The maximum absolute atomic E-state index is 12.8. The van der Waals surface area contributed by atoms with Gasteiger partial charge < -0.3 is 10.0 Å². The topological polar surface area (TPSA) is 70.5 Å². The lowest BCUT2D eigenvalue weighted by molar-refractivity contribution is -0.250. The van der Waals surface area contributed by atoms with Crippen LogP contribution in [-0.2, 0) is 9.84 Å². The predicted molar refractivity (Wildman–Crippen MR) is 65.2 cm³/mol. The fourth-order valence-corrected chi connectivity index (χ4v) is 2.95. The molecule has 112 valence electrons. The molecule has 2 rings (SSSR count). The van der Waals surface area contributed by atoms with Gasteiger partial charge in [0.15, 0.2) is 15.4 Å². The second kappa shape index (κ2) is 4.59. The largest absolute Gasteiger partial charge is 0.418 e. The summed E-state index contributed by atoms with van der Waals surface area (Å²) in [6.45, 7) is -0.842. The van der Waals surface area contributed by atoms with Crippen molar-refractivity contribution in [1.29, 1.82) is 0 Å². The zero-order chi connectivity index (χ0) is 15.2. The van der Waals surface area contributed by atoms with Crippen molar-refractivity contribution in [2.75, 3.05) is 24.2 Å². The van der Waals surface area contributed by atoms with E-state index in [1.54, 1.807) is 0 Å². The van der Waals surface area contributed by atoms with Crippen molar-refractivity contribution in [1.82, 2.24) is 4.98 Å². The van der Waals surface area contributed by atoms with E-state index in [-0.39, 0.29) is 17.3 Å². The third-order valence-corrected chi connectivity index (χ3v) is 4.34. The van der Waals surface area contributed by atoms with Crippen LogP contribution < -0.4 is 4.90 Å². The molecule has 1 atom stereocenters. The summed E-state index contributed by atoms with van der Waals surface area (Å²) in [4.78, 5) is 4.84. The third kappa shape index (κ3) is 2.59. The first kappa shape index (κ1) is 15.0. The molecule has 1 aromatic heterocycles. The first-order valence-corrected chi connectivity index (χ1v) is 7.63. The monoisotopic (exact) mass is 310 g/mol. The highest BCUT2D eigenvalue weighted by Crippen LogP contribution is 2.39. The quantitative estimate of drug-likeness (QED) is 0.882. The van der Waals surface area contributed by atoms with E-state index in [0.717, 1.165) is 11.2 Å². The molecule has 0 radical (unpaired) electrons. The van der Waals surface area contributed by atoms with E-state index in [4.69, 9.17) is 0 Å². The van der Waals surface area contributed by atoms with Crippen LogP contribution in [0.1, 0.15) is 6.42 Å². The standard InChI is InChI=1S/C11H13F3N2O3S/c1-20(18,19)8-3-2-5-15-9(8)16-6-4-10(17,7-16)11(12,13)14/h2-3,5,17H,4,6-7H2,1H3. The first-order valence-electron chi connectivity index (χ1n) is 5.74. The Morgan fingerprint density at radius 1 is 1.45 bits per heavy atom. The Balaban J connectivity index is 2.37. The summed E-state index contributed by atoms with van der Waals surface area (Å²) < 4.78 is 61.5. The number of β-amino-alcohol motifs (C(OH)–C–C–N with tert-alkyl or cyclic N) is 1. The van der Waals surface area contributed by atoms with E-state index in [1.165, 1.54) is 18.3 Å². The summed E-state index contributed by atoms with van der Waals surface area (Å²) in [5, 5.41) is 9.61. The van der Waals surface area contributed by atoms with Gasteiger partial charge in [-0.25, -0.2) is 13.4 Å². The molecule has 1 aliphatic rings. The maximum Gasteiger partial charge on any atom is 0.418 e. The van der Waals surface area contributed by atoms with Crippen LogP contribution >= 0.6 is 0 Å². The summed E-state index contributed by atoms with van der Waals surface area (Å²) in [7, 11) is -3.61. The normalized spacial score (nSPS) is 24.1. The van der Waals surface area contributed by atoms with Gasteiger partial charge in [0.05, 0.1) is 6.54 Å². The highest BCUT2D eigenvalue weighted by atomic mass is 32.2. The number of hydrogen-bond acceptors (Lipinski definition) is 5. The van der Waals surface area contributed by atoms with Gasteiger partial charge in [0.1, 0.15) is 10.7 Å². The van der Waals surface area contributed by atoms with Crippen LogP contribution in [0, 0.1) is 0 Å². The van der Waals surface area contributed by atoms with Crippen molar-refractivity contribution in [3.8, 4) is 0 Å². The molecule has 9 heteroatoms. The summed E-state index contributed by atoms with van der Waals surface area (Å²) in [5.41, 5.74) is -2.83. The van der Waals surface area contributed by atoms with Crippen LogP contribution in [0.5, 0.6) is 0 Å². The Morgan fingerprint density at radius 3 is 2.60 bits per heavy atom. The summed E-state index contributed by atoms with van der Waals surface area (Å²) >= 11 is 0. The first-order chi connectivity index (χ1) is 9.05. The number of anilines is 1. The lowest BCUT2D eigenvalue weighted by Crippen LogP contribution is -2.47. The number of pyridine rings is 1. The van der Waals surface area contributed by atoms with E-state index in [1.807, 2.05) is 0 Å². The highest BCUT2D eigenvalue weighted by molar-refractivity contribution is 7.90. The number of aliphatic hydroxyl groups is 1. The molecule has 0 amide bonds. The minimum atomic E-state index is -4.76. The van der Waals surface area contributed by atoms with Crippen LogP contribution in [0.25, 0.3) is 0 Å². The number of sulfone groups is 1. The van der Waals surface area contributed by atoms with Crippen LogP contribution in [-0.4, -0.2) is 49.6 Å². The number of halogens is 3. The Labute approximate surface area is 114 Å². The van der Waals surface area contributed by atoms with Crippen LogP contribution in [0.4, 0.5) is 19.0 Å². The lowest BCUT2D eigenvalue weighted by Gasteiger charge is -2.26. The van der Waals surface area contributed by atoms with E-state index >= 15 is 0 Å². The van der Waals surface area contributed by atoms with Crippen molar-refractivity contribution in [2.24, 2.45) is 0 Å². The number of hydrogen-bond donors (Lipinski definition) is 1. The van der Waals surface area contributed by atoms with Crippen molar-refractivity contribution < 1.29 is 26.7 Å². The fourth-order valence-electron chi connectivity index (χ4n) is 2.12. The molecule has 0 spiro atoms. The Kier molecular flexibility index (Phi) is 3.45. The zero-order valence-corrected chi connectivity index (χ0v) is 11.4. The molecule has 1 saturated heterocycles. The molecule has 20 heavy (non-hydrogen) atoms. The van der Waals surface area contributed by atoms with Gasteiger partial charge >= 0.3 is 6.18 Å². The number of rotatable bonds is 2. The highest BCUT2D eigenvalue weighted by Gasteiger charge is 2.57. The van der Waals surface area contributed by atoms with Gasteiger partial charge in [-0.05, 0) is 12.1 Å². The molecule has 0 aliphatic carbocycles. The average molecular weight is 310 g/mol. The summed E-state index contributed by atoms with van der Waals surface area (Å²) in [6.07, 6.45) is -3.02. The number of aromatic nitrogens is 1. The third-order valence-electron chi connectivity index (χ3n) is 3.23. The Bertz CT molecular complexity index is 618. The summed E-state index contributed by atoms with van der Waals surface area (Å²) in [6, 6.07) is 2.68. The molecule has 2 heterocycles. The molecule has 0 aromatic carbocycles. The number of alkyl halides is 3. The second-order valence-corrected chi connectivity index (χ2v) is 6.78. The molecular weight excluding hydrogens is 297 g/mol. The van der Waals surface area contributed by atoms with E-state index < -0.39 is 34.6 Å².